The Morgan fingerprint density at radius 3 is 2.33 bits per heavy atom. The van der Waals surface area contributed by atoms with Gasteiger partial charge in [0, 0.05) is 30.2 Å². The standard InChI is InChI=1S/C22H26NS/c1-5-21(4)22(6-2,7-3)19-16-12-8-9-14-18(16)24-20(19)17-13-10-11-15-23(17)21/h8-15H,5-7H2,1-4H3/q+1. The van der Waals surface area contributed by atoms with Gasteiger partial charge in [0.25, 0.3) is 0 Å². The van der Waals surface area contributed by atoms with Gasteiger partial charge in [0.05, 0.1) is 5.41 Å². The fraction of sp³-hybridized carbons (Fsp3) is 0.409. The van der Waals surface area contributed by atoms with Crippen LogP contribution in [0.15, 0.2) is 48.7 Å². The lowest BCUT2D eigenvalue weighted by Gasteiger charge is -2.47. The monoisotopic (exact) mass is 336 g/mol. The van der Waals surface area contributed by atoms with E-state index in [0.29, 0.717) is 0 Å². The Morgan fingerprint density at radius 1 is 0.917 bits per heavy atom. The van der Waals surface area contributed by atoms with Crippen molar-refractivity contribution < 1.29 is 4.57 Å². The number of rotatable bonds is 3. The normalized spacial score (nSPS) is 21.5. The molecule has 2 heteroatoms. The number of thiophene rings is 1. The van der Waals surface area contributed by atoms with Crippen LogP contribution in [0, 0.1) is 0 Å². The second-order valence-corrected chi connectivity index (χ2v) is 8.23. The highest BCUT2D eigenvalue weighted by Crippen LogP contribution is 2.56. The highest BCUT2D eigenvalue weighted by molar-refractivity contribution is 7.22. The molecule has 0 radical (unpaired) electrons. The third kappa shape index (κ3) is 1.73. The number of fused-ring (bicyclic) bond motifs is 5. The van der Waals surface area contributed by atoms with Crippen molar-refractivity contribution in [3.63, 3.8) is 0 Å². The summed E-state index contributed by atoms with van der Waals surface area (Å²) in [5, 5.41) is 1.47. The van der Waals surface area contributed by atoms with E-state index in [0.717, 1.165) is 6.42 Å². The molecule has 1 aliphatic heterocycles. The van der Waals surface area contributed by atoms with Gasteiger partial charge < -0.3 is 0 Å². The summed E-state index contributed by atoms with van der Waals surface area (Å²) in [7, 11) is 0. The summed E-state index contributed by atoms with van der Waals surface area (Å²) < 4.78 is 3.99. The maximum Gasteiger partial charge on any atom is 0.223 e. The molecule has 3 aromatic rings. The zero-order valence-electron chi connectivity index (χ0n) is 15.1. The summed E-state index contributed by atoms with van der Waals surface area (Å²) in [6.07, 6.45) is 5.78. The van der Waals surface area contributed by atoms with Crippen molar-refractivity contribution in [2.45, 2.75) is 57.9 Å². The molecular formula is C22H26NS+. The molecule has 0 saturated heterocycles. The Labute approximate surface area is 149 Å². The Bertz CT molecular complexity index is 903. The molecule has 2 aromatic heterocycles. The number of aromatic nitrogens is 1. The summed E-state index contributed by atoms with van der Waals surface area (Å²) in [6, 6.07) is 15.7. The second kappa shape index (κ2) is 5.42. The minimum atomic E-state index is 0.101. The van der Waals surface area contributed by atoms with Crippen molar-refractivity contribution in [3.8, 4) is 10.6 Å². The Hall–Kier alpha value is -1.67. The van der Waals surface area contributed by atoms with E-state index in [2.05, 4.69) is 80.9 Å². The van der Waals surface area contributed by atoms with E-state index in [9.17, 15) is 0 Å². The number of pyridine rings is 1. The molecule has 0 aliphatic carbocycles. The Morgan fingerprint density at radius 2 is 1.62 bits per heavy atom. The highest BCUT2D eigenvalue weighted by Gasteiger charge is 2.59. The second-order valence-electron chi connectivity index (χ2n) is 7.17. The first-order valence-corrected chi connectivity index (χ1v) is 9.98. The van der Waals surface area contributed by atoms with Crippen LogP contribution in [-0.2, 0) is 11.0 Å². The minimum Gasteiger partial charge on any atom is -0.192 e. The molecule has 0 N–H and O–H groups in total. The highest BCUT2D eigenvalue weighted by atomic mass is 32.1. The third-order valence-electron chi connectivity index (χ3n) is 6.62. The molecule has 0 saturated carbocycles. The van der Waals surface area contributed by atoms with Gasteiger partial charge in [0.2, 0.25) is 5.69 Å². The van der Waals surface area contributed by atoms with Crippen LogP contribution in [0.5, 0.6) is 0 Å². The van der Waals surface area contributed by atoms with Gasteiger partial charge in [-0.25, -0.2) is 0 Å². The molecule has 24 heavy (non-hydrogen) atoms. The van der Waals surface area contributed by atoms with Gasteiger partial charge in [0.1, 0.15) is 4.88 Å². The zero-order chi connectivity index (χ0) is 16.9. The molecule has 0 amide bonds. The predicted molar refractivity (Wildman–Crippen MR) is 104 cm³/mol. The van der Waals surface area contributed by atoms with Crippen LogP contribution in [0.1, 0.15) is 52.5 Å². The SMILES string of the molecule is CCC1(CC)c2c(sc3ccccc23)-c2cccc[n+]2C1(C)CC. The maximum absolute atomic E-state index is 2.57. The Balaban J connectivity index is 2.22. The van der Waals surface area contributed by atoms with Gasteiger partial charge in [-0.1, -0.05) is 39.0 Å². The average Bonchev–Trinajstić information content (AvgIpc) is 3.03. The first kappa shape index (κ1) is 15.8. The van der Waals surface area contributed by atoms with Crippen LogP contribution in [0.25, 0.3) is 20.7 Å². The first-order valence-electron chi connectivity index (χ1n) is 9.16. The molecule has 0 spiro atoms. The molecule has 1 atom stereocenters. The van der Waals surface area contributed by atoms with Gasteiger partial charge in [-0.05, 0) is 35.9 Å². The first-order chi connectivity index (χ1) is 11.6. The molecule has 124 valence electrons. The molecule has 1 nitrogen and oxygen atoms in total. The van der Waals surface area contributed by atoms with Crippen molar-refractivity contribution in [2.24, 2.45) is 0 Å². The van der Waals surface area contributed by atoms with Crippen molar-refractivity contribution in [3.05, 3.63) is 54.2 Å². The summed E-state index contributed by atoms with van der Waals surface area (Å²) >= 11 is 1.97. The summed E-state index contributed by atoms with van der Waals surface area (Å²) in [4.78, 5) is 1.48. The molecule has 4 rings (SSSR count). The van der Waals surface area contributed by atoms with Gasteiger partial charge >= 0.3 is 0 Å². The molecule has 0 bridgehead atoms. The van der Waals surface area contributed by atoms with Gasteiger partial charge in [-0.15, -0.1) is 11.3 Å². The summed E-state index contributed by atoms with van der Waals surface area (Å²) in [6.45, 7) is 9.58. The summed E-state index contributed by atoms with van der Waals surface area (Å²) in [5.41, 5.74) is 3.26. The van der Waals surface area contributed by atoms with Crippen LogP contribution >= 0.6 is 11.3 Å². The molecular weight excluding hydrogens is 310 g/mol. The van der Waals surface area contributed by atoms with Gasteiger partial charge in [0.15, 0.2) is 11.7 Å². The van der Waals surface area contributed by atoms with E-state index in [1.165, 1.54) is 33.5 Å². The Kier molecular flexibility index (Phi) is 3.58. The fourth-order valence-corrected chi connectivity index (χ4v) is 6.46. The lowest BCUT2D eigenvalue weighted by Crippen LogP contribution is -2.68. The lowest BCUT2D eigenvalue weighted by atomic mass is 9.59. The number of hydrogen-bond donors (Lipinski definition) is 0. The molecule has 0 fully saturated rings. The topological polar surface area (TPSA) is 3.88 Å². The van der Waals surface area contributed by atoms with Crippen molar-refractivity contribution in [2.75, 3.05) is 0 Å². The quantitative estimate of drug-likeness (QED) is 0.512. The fourth-order valence-electron chi connectivity index (χ4n) is 5.13. The molecule has 1 unspecified atom stereocenters. The molecule has 3 heterocycles. The predicted octanol–water partition coefficient (Wildman–Crippen LogP) is 6.05. The van der Waals surface area contributed by atoms with Crippen LogP contribution in [0.4, 0.5) is 0 Å². The van der Waals surface area contributed by atoms with E-state index in [-0.39, 0.29) is 11.0 Å². The largest absolute Gasteiger partial charge is 0.223 e. The van der Waals surface area contributed by atoms with E-state index in [1.54, 1.807) is 5.56 Å². The van der Waals surface area contributed by atoms with Gasteiger partial charge in [-0.2, -0.15) is 4.57 Å². The maximum atomic E-state index is 2.57. The van der Waals surface area contributed by atoms with Crippen LogP contribution in [0.3, 0.4) is 0 Å². The van der Waals surface area contributed by atoms with E-state index >= 15 is 0 Å². The number of benzene rings is 1. The van der Waals surface area contributed by atoms with Crippen LogP contribution in [0.2, 0.25) is 0 Å². The van der Waals surface area contributed by atoms with Crippen LogP contribution < -0.4 is 4.57 Å². The molecule has 1 aliphatic rings. The van der Waals surface area contributed by atoms with E-state index in [4.69, 9.17) is 0 Å². The number of hydrogen-bond acceptors (Lipinski definition) is 1. The van der Waals surface area contributed by atoms with E-state index in [1.807, 2.05) is 11.3 Å². The van der Waals surface area contributed by atoms with Gasteiger partial charge in [-0.3, -0.25) is 0 Å². The molecule has 1 aromatic carbocycles. The zero-order valence-corrected chi connectivity index (χ0v) is 15.9. The smallest absolute Gasteiger partial charge is 0.192 e. The van der Waals surface area contributed by atoms with Crippen molar-refractivity contribution in [1.82, 2.24) is 0 Å². The van der Waals surface area contributed by atoms with Crippen molar-refractivity contribution >= 4 is 21.4 Å². The van der Waals surface area contributed by atoms with E-state index < -0.39 is 0 Å². The average molecular weight is 337 g/mol. The third-order valence-corrected chi connectivity index (χ3v) is 7.82. The number of nitrogens with zero attached hydrogens (tertiary/aromatic N) is 1. The minimum absolute atomic E-state index is 0.101. The summed E-state index contributed by atoms with van der Waals surface area (Å²) in [5.74, 6) is 0. The van der Waals surface area contributed by atoms with Crippen LogP contribution in [-0.4, -0.2) is 0 Å². The van der Waals surface area contributed by atoms with Crippen molar-refractivity contribution in [1.29, 1.82) is 0 Å². The lowest BCUT2D eigenvalue weighted by molar-refractivity contribution is -0.765.